The van der Waals surface area contributed by atoms with Crippen LogP contribution in [-0.2, 0) is 9.59 Å². The molecule has 1 aromatic rings. The number of amides is 1. The SMILES string of the molecule is Cc1ccc(C(=O)CCC(=O)CCC(=O)NCCCO)s1. The molecule has 0 unspecified atom stereocenters. The molecule has 6 heteroatoms. The summed E-state index contributed by atoms with van der Waals surface area (Å²) in [6.45, 7) is 2.38. The van der Waals surface area contributed by atoms with E-state index in [-0.39, 0.29) is 49.8 Å². The summed E-state index contributed by atoms with van der Waals surface area (Å²) in [5.41, 5.74) is 0. The number of hydrogen-bond donors (Lipinski definition) is 2. The Morgan fingerprint density at radius 2 is 1.86 bits per heavy atom. The molecule has 5 nitrogen and oxygen atoms in total. The van der Waals surface area contributed by atoms with Crippen molar-refractivity contribution in [1.29, 1.82) is 0 Å². The Morgan fingerprint density at radius 3 is 2.48 bits per heavy atom. The summed E-state index contributed by atoms with van der Waals surface area (Å²) in [6, 6.07) is 3.66. The van der Waals surface area contributed by atoms with Crippen molar-refractivity contribution in [2.75, 3.05) is 13.2 Å². The smallest absolute Gasteiger partial charge is 0.220 e. The summed E-state index contributed by atoms with van der Waals surface area (Å²) in [4.78, 5) is 36.6. The first-order valence-corrected chi connectivity index (χ1v) is 7.83. The number of nitrogens with one attached hydrogen (secondary N) is 1. The Morgan fingerprint density at radius 1 is 1.14 bits per heavy atom. The minimum atomic E-state index is -0.197. The van der Waals surface area contributed by atoms with E-state index < -0.39 is 0 Å². The van der Waals surface area contributed by atoms with Gasteiger partial charge in [0, 0.05) is 43.7 Å². The molecule has 116 valence electrons. The minimum absolute atomic E-state index is 0.0196. The summed E-state index contributed by atoms with van der Waals surface area (Å²) in [5.74, 6) is -0.292. The number of rotatable bonds is 10. The highest BCUT2D eigenvalue weighted by Crippen LogP contribution is 2.17. The molecule has 0 saturated carbocycles. The lowest BCUT2D eigenvalue weighted by Crippen LogP contribution is -2.25. The van der Waals surface area contributed by atoms with Crippen molar-refractivity contribution < 1.29 is 19.5 Å². The Hall–Kier alpha value is -1.53. The molecule has 1 aromatic heterocycles. The molecule has 0 aliphatic rings. The topological polar surface area (TPSA) is 83.5 Å². The maximum atomic E-state index is 11.8. The van der Waals surface area contributed by atoms with Gasteiger partial charge in [-0.1, -0.05) is 0 Å². The highest BCUT2D eigenvalue weighted by atomic mass is 32.1. The van der Waals surface area contributed by atoms with Crippen molar-refractivity contribution in [2.24, 2.45) is 0 Å². The van der Waals surface area contributed by atoms with Crippen LogP contribution in [0.3, 0.4) is 0 Å². The molecule has 1 rings (SSSR count). The molecular formula is C15H21NO4S. The van der Waals surface area contributed by atoms with E-state index in [1.807, 2.05) is 13.0 Å². The van der Waals surface area contributed by atoms with Crippen molar-refractivity contribution in [3.8, 4) is 0 Å². The van der Waals surface area contributed by atoms with Crippen molar-refractivity contribution in [3.05, 3.63) is 21.9 Å². The molecule has 0 bridgehead atoms. The number of hydrogen-bond acceptors (Lipinski definition) is 5. The second-order valence-corrected chi connectivity index (χ2v) is 6.09. The number of aryl methyl sites for hydroxylation is 1. The summed E-state index contributed by atoms with van der Waals surface area (Å²) in [5, 5.41) is 11.2. The van der Waals surface area contributed by atoms with E-state index in [0.717, 1.165) is 4.88 Å². The Labute approximate surface area is 128 Å². The van der Waals surface area contributed by atoms with Crippen LogP contribution >= 0.6 is 11.3 Å². The van der Waals surface area contributed by atoms with Crippen LogP contribution in [0.2, 0.25) is 0 Å². The highest BCUT2D eigenvalue weighted by molar-refractivity contribution is 7.14. The van der Waals surface area contributed by atoms with Gasteiger partial charge in [-0.05, 0) is 25.5 Å². The average Bonchev–Trinajstić information content (AvgIpc) is 2.89. The van der Waals surface area contributed by atoms with Crippen LogP contribution < -0.4 is 5.32 Å². The van der Waals surface area contributed by atoms with E-state index in [9.17, 15) is 14.4 Å². The van der Waals surface area contributed by atoms with Gasteiger partial charge < -0.3 is 10.4 Å². The first-order chi connectivity index (χ1) is 10.0. The van der Waals surface area contributed by atoms with E-state index in [1.165, 1.54) is 11.3 Å². The second-order valence-electron chi connectivity index (χ2n) is 4.80. The first-order valence-electron chi connectivity index (χ1n) is 7.02. The minimum Gasteiger partial charge on any atom is -0.396 e. The number of carbonyl (C=O) groups is 3. The molecule has 0 aliphatic carbocycles. The largest absolute Gasteiger partial charge is 0.396 e. The Balaban J connectivity index is 2.19. The van der Waals surface area contributed by atoms with Crippen LogP contribution in [0.15, 0.2) is 12.1 Å². The van der Waals surface area contributed by atoms with Gasteiger partial charge in [0.1, 0.15) is 5.78 Å². The fraction of sp³-hybridized carbons (Fsp3) is 0.533. The zero-order valence-electron chi connectivity index (χ0n) is 12.2. The molecule has 0 aromatic carbocycles. The van der Waals surface area contributed by atoms with Crippen LogP contribution in [0.5, 0.6) is 0 Å². The lowest BCUT2D eigenvalue weighted by Gasteiger charge is -2.03. The average molecular weight is 311 g/mol. The normalized spacial score (nSPS) is 10.4. The lowest BCUT2D eigenvalue weighted by molar-refractivity contribution is -0.125. The van der Waals surface area contributed by atoms with E-state index in [2.05, 4.69) is 5.32 Å². The van der Waals surface area contributed by atoms with Crippen LogP contribution in [0.25, 0.3) is 0 Å². The van der Waals surface area contributed by atoms with Gasteiger partial charge in [0.25, 0.3) is 0 Å². The number of ketones is 2. The Kier molecular flexibility index (Phi) is 7.85. The third-order valence-corrected chi connectivity index (χ3v) is 3.98. The Bertz CT molecular complexity index is 496. The van der Waals surface area contributed by atoms with Crippen LogP contribution in [0.1, 0.15) is 46.7 Å². The number of aliphatic hydroxyl groups excluding tert-OH is 1. The van der Waals surface area contributed by atoms with Crippen molar-refractivity contribution in [3.63, 3.8) is 0 Å². The van der Waals surface area contributed by atoms with E-state index in [1.54, 1.807) is 6.07 Å². The fourth-order valence-electron chi connectivity index (χ4n) is 1.73. The van der Waals surface area contributed by atoms with Gasteiger partial charge in [-0.3, -0.25) is 14.4 Å². The second kappa shape index (κ2) is 9.41. The van der Waals surface area contributed by atoms with Crippen molar-refractivity contribution >= 4 is 28.8 Å². The molecule has 0 saturated heterocycles. The molecule has 2 N–H and O–H groups in total. The molecule has 0 spiro atoms. The number of thiophene rings is 1. The van der Waals surface area contributed by atoms with Gasteiger partial charge in [-0.15, -0.1) is 11.3 Å². The van der Waals surface area contributed by atoms with Gasteiger partial charge >= 0.3 is 0 Å². The van der Waals surface area contributed by atoms with E-state index >= 15 is 0 Å². The van der Waals surface area contributed by atoms with Gasteiger partial charge in [0.15, 0.2) is 5.78 Å². The number of Topliss-reactive ketones (excluding diaryl/α,β-unsaturated/α-hetero) is 2. The predicted molar refractivity (Wildman–Crippen MR) is 81.6 cm³/mol. The van der Waals surface area contributed by atoms with Crippen LogP contribution in [-0.4, -0.2) is 35.7 Å². The van der Waals surface area contributed by atoms with Crippen LogP contribution in [0, 0.1) is 6.92 Å². The molecule has 21 heavy (non-hydrogen) atoms. The summed E-state index contributed by atoms with van der Waals surface area (Å²) >= 11 is 1.43. The maximum absolute atomic E-state index is 11.8. The van der Waals surface area contributed by atoms with Crippen LogP contribution in [0.4, 0.5) is 0 Å². The molecule has 1 heterocycles. The summed E-state index contributed by atoms with van der Waals surface area (Å²) < 4.78 is 0. The monoisotopic (exact) mass is 311 g/mol. The van der Waals surface area contributed by atoms with Gasteiger partial charge in [-0.25, -0.2) is 0 Å². The third kappa shape index (κ3) is 7.15. The van der Waals surface area contributed by atoms with E-state index in [4.69, 9.17) is 5.11 Å². The number of carbonyl (C=O) groups excluding carboxylic acids is 3. The predicted octanol–water partition coefficient (Wildman–Crippen LogP) is 1.87. The zero-order valence-corrected chi connectivity index (χ0v) is 13.0. The standard InChI is InChI=1S/C15H21NO4S/c1-11-3-7-14(21-11)13(19)6-4-12(18)5-8-15(20)16-9-2-10-17/h3,7,17H,2,4-6,8-10H2,1H3,(H,16,20). The third-order valence-electron chi connectivity index (χ3n) is 2.93. The molecule has 0 radical (unpaired) electrons. The van der Waals surface area contributed by atoms with Gasteiger partial charge in [-0.2, -0.15) is 0 Å². The van der Waals surface area contributed by atoms with Crippen molar-refractivity contribution in [1.82, 2.24) is 5.32 Å². The summed E-state index contributed by atoms with van der Waals surface area (Å²) in [7, 11) is 0. The molecule has 0 aliphatic heterocycles. The first kappa shape index (κ1) is 17.5. The quantitative estimate of drug-likeness (QED) is 0.510. The van der Waals surface area contributed by atoms with Crippen molar-refractivity contribution in [2.45, 2.75) is 39.0 Å². The summed E-state index contributed by atoms with van der Waals surface area (Å²) in [6.07, 6.45) is 1.18. The highest BCUT2D eigenvalue weighted by Gasteiger charge is 2.12. The number of aliphatic hydroxyl groups is 1. The lowest BCUT2D eigenvalue weighted by atomic mass is 10.1. The molecular weight excluding hydrogens is 290 g/mol. The zero-order chi connectivity index (χ0) is 15.7. The fourth-order valence-corrected chi connectivity index (χ4v) is 2.57. The van der Waals surface area contributed by atoms with Gasteiger partial charge in [0.2, 0.25) is 5.91 Å². The molecule has 0 fully saturated rings. The van der Waals surface area contributed by atoms with E-state index in [0.29, 0.717) is 17.8 Å². The molecule has 0 atom stereocenters. The maximum Gasteiger partial charge on any atom is 0.220 e. The molecule has 1 amide bonds. The van der Waals surface area contributed by atoms with Gasteiger partial charge in [0.05, 0.1) is 4.88 Å².